The van der Waals surface area contributed by atoms with Crippen molar-refractivity contribution in [2.75, 3.05) is 5.73 Å². The number of rotatable bonds is 2. The fraction of sp³-hybridized carbons (Fsp3) is 0. The van der Waals surface area contributed by atoms with E-state index in [-0.39, 0.29) is 5.82 Å². The Morgan fingerprint density at radius 1 is 1.00 bits per heavy atom. The smallest absolute Gasteiger partial charge is 0.150 e. The molecule has 3 rings (SSSR count). The van der Waals surface area contributed by atoms with Crippen molar-refractivity contribution >= 4 is 5.69 Å². The van der Waals surface area contributed by atoms with Gasteiger partial charge in [0.15, 0.2) is 5.82 Å². The van der Waals surface area contributed by atoms with E-state index in [1.807, 2.05) is 30.3 Å². The van der Waals surface area contributed by atoms with Gasteiger partial charge in [-0.15, -0.1) is 0 Å². The van der Waals surface area contributed by atoms with E-state index in [1.54, 1.807) is 24.5 Å². The number of benzene rings is 2. The molecular formula is C15H12FN3. The number of aromatic nitrogens is 2. The van der Waals surface area contributed by atoms with E-state index < -0.39 is 0 Å². The Bertz CT molecular complexity index is 704. The largest absolute Gasteiger partial charge is 0.399 e. The van der Waals surface area contributed by atoms with Gasteiger partial charge < -0.3 is 5.73 Å². The fourth-order valence-electron chi connectivity index (χ4n) is 1.94. The zero-order valence-corrected chi connectivity index (χ0v) is 10.1. The summed E-state index contributed by atoms with van der Waals surface area (Å²) in [5.74, 6) is -0.386. The second-order valence-corrected chi connectivity index (χ2v) is 4.25. The lowest BCUT2D eigenvalue weighted by atomic mass is 10.1. The van der Waals surface area contributed by atoms with Crippen molar-refractivity contribution < 1.29 is 4.39 Å². The quantitative estimate of drug-likeness (QED) is 0.712. The predicted molar refractivity (Wildman–Crippen MR) is 73.4 cm³/mol. The number of hydrogen-bond acceptors (Lipinski definition) is 2. The molecule has 0 spiro atoms. The van der Waals surface area contributed by atoms with Gasteiger partial charge in [-0.2, -0.15) is 5.10 Å². The van der Waals surface area contributed by atoms with Gasteiger partial charge in [-0.3, -0.25) is 0 Å². The minimum absolute atomic E-state index is 0.386. The number of nitrogens with two attached hydrogens (primary N) is 1. The first-order valence-electron chi connectivity index (χ1n) is 5.89. The summed E-state index contributed by atoms with van der Waals surface area (Å²) in [5.41, 5.74) is 8.30. The Morgan fingerprint density at radius 3 is 2.53 bits per heavy atom. The molecule has 0 unspecified atom stereocenters. The topological polar surface area (TPSA) is 43.8 Å². The number of hydrogen-bond donors (Lipinski definition) is 1. The van der Waals surface area contributed by atoms with Gasteiger partial charge in [0.2, 0.25) is 0 Å². The van der Waals surface area contributed by atoms with Gasteiger partial charge in [0, 0.05) is 17.4 Å². The Labute approximate surface area is 110 Å². The Morgan fingerprint density at radius 2 is 1.79 bits per heavy atom. The molecule has 3 aromatic rings. The molecule has 0 saturated carbocycles. The highest BCUT2D eigenvalue weighted by Gasteiger charge is 2.07. The first-order valence-corrected chi connectivity index (χ1v) is 5.89. The van der Waals surface area contributed by atoms with Crippen molar-refractivity contribution in [1.82, 2.24) is 9.78 Å². The van der Waals surface area contributed by atoms with Crippen LogP contribution in [0.15, 0.2) is 60.9 Å². The standard InChI is InChI=1S/C15H12FN3/c16-14-8-13(17)6-7-15(14)19-10-12(9-18-19)11-4-2-1-3-5-11/h1-10H,17H2. The van der Waals surface area contributed by atoms with Crippen LogP contribution < -0.4 is 5.73 Å². The number of anilines is 1. The lowest BCUT2D eigenvalue weighted by Crippen LogP contribution is -1.99. The number of halogens is 1. The van der Waals surface area contributed by atoms with E-state index in [2.05, 4.69) is 5.10 Å². The van der Waals surface area contributed by atoms with Crippen LogP contribution in [0.4, 0.5) is 10.1 Å². The van der Waals surface area contributed by atoms with Crippen LogP contribution in [-0.2, 0) is 0 Å². The average Bonchev–Trinajstić information content (AvgIpc) is 2.89. The van der Waals surface area contributed by atoms with Crippen molar-refractivity contribution in [2.24, 2.45) is 0 Å². The highest BCUT2D eigenvalue weighted by Crippen LogP contribution is 2.21. The van der Waals surface area contributed by atoms with Crippen molar-refractivity contribution in [1.29, 1.82) is 0 Å². The van der Waals surface area contributed by atoms with Gasteiger partial charge >= 0.3 is 0 Å². The molecule has 0 atom stereocenters. The minimum Gasteiger partial charge on any atom is -0.399 e. The second kappa shape index (κ2) is 4.57. The van der Waals surface area contributed by atoms with Gasteiger partial charge in [-0.1, -0.05) is 30.3 Å². The van der Waals surface area contributed by atoms with Gasteiger partial charge in [0.05, 0.1) is 6.20 Å². The third kappa shape index (κ3) is 2.20. The second-order valence-electron chi connectivity index (χ2n) is 4.25. The summed E-state index contributed by atoms with van der Waals surface area (Å²) in [5, 5.41) is 4.19. The molecule has 1 aromatic heterocycles. The van der Waals surface area contributed by atoms with Gasteiger partial charge in [0.25, 0.3) is 0 Å². The summed E-state index contributed by atoms with van der Waals surface area (Å²) >= 11 is 0. The Balaban J connectivity index is 2.02. The van der Waals surface area contributed by atoms with Gasteiger partial charge in [-0.05, 0) is 23.8 Å². The van der Waals surface area contributed by atoms with Crippen molar-refractivity contribution in [2.45, 2.75) is 0 Å². The maximum Gasteiger partial charge on any atom is 0.150 e. The average molecular weight is 253 g/mol. The summed E-state index contributed by atoms with van der Waals surface area (Å²) in [7, 11) is 0. The molecule has 0 bridgehead atoms. The molecule has 94 valence electrons. The lowest BCUT2D eigenvalue weighted by molar-refractivity contribution is 0.611. The Kier molecular flexibility index (Phi) is 2.76. The molecule has 0 aliphatic carbocycles. The van der Waals surface area contributed by atoms with Crippen LogP contribution in [-0.4, -0.2) is 9.78 Å². The van der Waals surface area contributed by atoms with Crippen LogP contribution in [0.5, 0.6) is 0 Å². The van der Waals surface area contributed by atoms with Crippen LogP contribution in [0.3, 0.4) is 0 Å². The lowest BCUT2D eigenvalue weighted by Gasteiger charge is -2.03. The van der Waals surface area contributed by atoms with Crippen LogP contribution in [0, 0.1) is 5.82 Å². The summed E-state index contributed by atoms with van der Waals surface area (Å²) in [4.78, 5) is 0. The van der Waals surface area contributed by atoms with Crippen LogP contribution in [0.2, 0.25) is 0 Å². The summed E-state index contributed by atoms with van der Waals surface area (Å²) in [6.45, 7) is 0. The maximum absolute atomic E-state index is 13.8. The Hall–Kier alpha value is -2.62. The van der Waals surface area contributed by atoms with Crippen molar-refractivity contribution in [3.05, 3.63) is 66.7 Å². The maximum atomic E-state index is 13.8. The molecule has 1 heterocycles. The van der Waals surface area contributed by atoms with E-state index in [0.29, 0.717) is 11.4 Å². The molecule has 0 aliphatic heterocycles. The predicted octanol–water partition coefficient (Wildman–Crippen LogP) is 3.26. The van der Waals surface area contributed by atoms with E-state index in [9.17, 15) is 4.39 Å². The van der Waals surface area contributed by atoms with E-state index in [4.69, 9.17) is 5.73 Å². The molecule has 0 fully saturated rings. The summed E-state index contributed by atoms with van der Waals surface area (Å²) < 4.78 is 15.3. The zero-order chi connectivity index (χ0) is 13.2. The van der Waals surface area contributed by atoms with Crippen molar-refractivity contribution in [3.63, 3.8) is 0 Å². The zero-order valence-electron chi connectivity index (χ0n) is 10.1. The molecule has 4 heteroatoms. The molecule has 3 nitrogen and oxygen atoms in total. The first-order chi connectivity index (χ1) is 9.24. The van der Waals surface area contributed by atoms with Crippen LogP contribution in [0.25, 0.3) is 16.8 Å². The van der Waals surface area contributed by atoms with Gasteiger partial charge in [0.1, 0.15) is 5.69 Å². The van der Waals surface area contributed by atoms with E-state index in [1.165, 1.54) is 10.7 Å². The molecule has 0 aliphatic rings. The minimum atomic E-state index is -0.386. The third-order valence-corrected chi connectivity index (χ3v) is 2.91. The molecule has 19 heavy (non-hydrogen) atoms. The highest BCUT2D eigenvalue weighted by atomic mass is 19.1. The van der Waals surface area contributed by atoms with E-state index in [0.717, 1.165) is 11.1 Å². The SMILES string of the molecule is Nc1ccc(-n2cc(-c3ccccc3)cn2)c(F)c1. The van der Waals surface area contributed by atoms with Crippen molar-refractivity contribution in [3.8, 4) is 16.8 Å². The molecule has 2 N–H and O–H groups in total. The molecule has 0 amide bonds. The number of nitrogens with zero attached hydrogens (tertiary/aromatic N) is 2. The molecule has 0 saturated heterocycles. The summed E-state index contributed by atoms with van der Waals surface area (Å²) in [6, 6.07) is 14.4. The monoisotopic (exact) mass is 253 g/mol. The normalized spacial score (nSPS) is 10.6. The van der Waals surface area contributed by atoms with Crippen LogP contribution >= 0.6 is 0 Å². The summed E-state index contributed by atoms with van der Waals surface area (Å²) in [6.07, 6.45) is 3.51. The highest BCUT2D eigenvalue weighted by molar-refractivity contribution is 5.62. The fourth-order valence-corrected chi connectivity index (χ4v) is 1.94. The molecular weight excluding hydrogens is 241 g/mol. The first kappa shape index (κ1) is 11.5. The molecule has 0 radical (unpaired) electrons. The number of nitrogen functional groups attached to an aromatic ring is 1. The van der Waals surface area contributed by atoms with E-state index >= 15 is 0 Å². The van der Waals surface area contributed by atoms with Crippen LogP contribution in [0.1, 0.15) is 0 Å². The molecule has 2 aromatic carbocycles. The third-order valence-electron chi connectivity index (χ3n) is 2.91. The van der Waals surface area contributed by atoms with Gasteiger partial charge in [-0.25, -0.2) is 9.07 Å².